The van der Waals surface area contributed by atoms with Crippen LogP contribution in [0.15, 0.2) is 11.1 Å². The first-order valence-corrected chi connectivity index (χ1v) is 4.09. The Morgan fingerprint density at radius 1 is 1.78 bits per heavy atom. The van der Waals surface area contributed by atoms with E-state index >= 15 is 0 Å². The van der Waals surface area contributed by atoms with Gasteiger partial charge in [-0.3, -0.25) is 0 Å². The molecule has 0 spiro atoms. The summed E-state index contributed by atoms with van der Waals surface area (Å²) < 4.78 is 0. The Labute approximate surface area is 62.7 Å². The topological polar surface area (TPSA) is 12.0 Å². The molecule has 0 rings (SSSR count). The van der Waals surface area contributed by atoms with Crippen molar-refractivity contribution in [1.82, 2.24) is 5.32 Å². The molecule has 0 amide bonds. The van der Waals surface area contributed by atoms with Gasteiger partial charge in [-0.2, -0.15) is 0 Å². The number of hydrogen-bond acceptors (Lipinski definition) is 2. The molecule has 1 atom stereocenters. The van der Waals surface area contributed by atoms with Crippen molar-refractivity contribution in [3.05, 3.63) is 11.1 Å². The maximum atomic E-state index is 3.11. The molecule has 1 N–H and O–H groups in total. The van der Waals surface area contributed by atoms with Gasteiger partial charge in [0.25, 0.3) is 0 Å². The molecule has 0 aliphatic heterocycles. The van der Waals surface area contributed by atoms with Crippen LogP contribution in [0.5, 0.6) is 0 Å². The molecule has 0 bridgehead atoms. The van der Waals surface area contributed by atoms with E-state index < -0.39 is 0 Å². The van der Waals surface area contributed by atoms with E-state index in [0.29, 0.717) is 5.15 Å². The summed E-state index contributed by atoms with van der Waals surface area (Å²) in [6.45, 7) is 4.23. The van der Waals surface area contributed by atoms with Crippen molar-refractivity contribution in [1.29, 1.82) is 0 Å². The van der Waals surface area contributed by atoms with E-state index in [-0.39, 0.29) is 0 Å². The van der Waals surface area contributed by atoms with Crippen molar-refractivity contribution in [3.8, 4) is 0 Å². The fourth-order valence-corrected chi connectivity index (χ4v) is 1.29. The molecule has 0 heterocycles. The molecule has 0 aliphatic carbocycles. The first kappa shape index (κ1) is 8.95. The highest BCUT2D eigenvalue weighted by Gasteiger charge is 1.96. The van der Waals surface area contributed by atoms with Crippen LogP contribution < -0.4 is 5.32 Å². The van der Waals surface area contributed by atoms with E-state index in [2.05, 4.69) is 26.2 Å². The fourth-order valence-electron chi connectivity index (χ4n) is 0.525. The molecular formula is C6H14BNS. The van der Waals surface area contributed by atoms with Crippen LogP contribution in [0, 0.1) is 0 Å². The number of thioether (sulfide) groups is 1. The minimum Gasteiger partial charge on any atom is -0.383 e. The predicted molar refractivity (Wildman–Crippen MR) is 48.4 cm³/mol. The second kappa shape index (κ2) is 4.80. The van der Waals surface area contributed by atoms with E-state index in [4.69, 9.17) is 0 Å². The highest BCUT2D eigenvalue weighted by molar-refractivity contribution is 8.04. The maximum Gasteiger partial charge on any atom is 0.118 e. The molecule has 0 radical (unpaired) electrons. The summed E-state index contributed by atoms with van der Waals surface area (Å²) in [5.74, 6) is 0. The average molecular weight is 143 g/mol. The number of rotatable bonds is 3. The fraction of sp³-hybridized carbons (Fsp3) is 0.667. The van der Waals surface area contributed by atoms with Crippen molar-refractivity contribution >= 4 is 19.6 Å². The van der Waals surface area contributed by atoms with Gasteiger partial charge in [-0.25, -0.2) is 0 Å². The van der Waals surface area contributed by atoms with Crippen LogP contribution in [0.3, 0.4) is 0 Å². The lowest BCUT2D eigenvalue weighted by Gasteiger charge is -2.07. The van der Waals surface area contributed by atoms with Crippen LogP contribution in [0.4, 0.5) is 0 Å². The molecule has 0 aliphatic rings. The summed E-state index contributed by atoms with van der Waals surface area (Å²) in [7, 11) is 4.14. The Bertz CT molecular complexity index is 101. The summed E-state index contributed by atoms with van der Waals surface area (Å²) in [5.41, 5.74) is 0. The van der Waals surface area contributed by atoms with Gasteiger partial charge in [0, 0.05) is 7.05 Å². The average Bonchev–Trinajstić information content (AvgIpc) is 1.82. The van der Waals surface area contributed by atoms with Gasteiger partial charge in [-0.15, -0.1) is 11.8 Å². The Kier molecular flexibility index (Phi) is 4.77. The van der Waals surface area contributed by atoms with E-state index in [1.807, 2.05) is 25.7 Å². The summed E-state index contributed by atoms with van der Waals surface area (Å²) in [4.78, 5) is 0. The second-order valence-corrected chi connectivity index (χ2v) is 3.69. The zero-order valence-electron chi connectivity index (χ0n) is 6.56. The van der Waals surface area contributed by atoms with Crippen LogP contribution in [-0.4, -0.2) is 20.0 Å². The van der Waals surface area contributed by atoms with Gasteiger partial charge in [0.1, 0.15) is 7.85 Å². The molecule has 0 aromatic rings. The van der Waals surface area contributed by atoms with E-state index in [1.54, 1.807) is 0 Å². The lowest BCUT2D eigenvalue weighted by Crippen LogP contribution is -2.06. The van der Waals surface area contributed by atoms with Crippen LogP contribution in [0.25, 0.3) is 0 Å². The van der Waals surface area contributed by atoms with Crippen molar-refractivity contribution in [3.63, 3.8) is 0 Å². The molecule has 3 heteroatoms. The Morgan fingerprint density at radius 3 is 2.44 bits per heavy atom. The van der Waals surface area contributed by atoms with Gasteiger partial charge in [-0.1, -0.05) is 13.0 Å². The lowest BCUT2D eigenvalue weighted by atomic mass is 10.1. The molecular weight excluding hydrogens is 129 g/mol. The van der Waals surface area contributed by atoms with Crippen molar-refractivity contribution in [2.24, 2.45) is 0 Å². The molecule has 0 aromatic heterocycles. The van der Waals surface area contributed by atoms with Crippen LogP contribution in [-0.2, 0) is 0 Å². The van der Waals surface area contributed by atoms with Crippen LogP contribution >= 0.6 is 11.8 Å². The Hall–Kier alpha value is -0.0451. The van der Waals surface area contributed by atoms with Gasteiger partial charge in [0.05, 0.1) is 5.03 Å². The highest BCUT2D eigenvalue weighted by atomic mass is 32.2. The largest absolute Gasteiger partial charge is 0.383 e. The van der Waals surface area contributed by atoms with Crippen LogP contribution in [0.2, 0.25) is 0 Å². The smallest absolute Gasteiger partial charge is 0.118 e. The standard InChI is InChI=1S/C6H14BNS/c1-4-6(8-3)9-5(2)7/h4-5,8H,7H2,1-3H3/b6-4-. The molecule has 1 nitrogen and oxygen atoms in total. The van der Waals surface area contributed by atoms with Crippen molar-refractivity contribution in [2.75, 3.05) is 7.05 Å². The predicted octanol–water partition coefficient (Wildman–Crippen LogP) is 0.779. The lowest BCUT2D eigenvalue weighted by molar-refractivity contribution is 1.07. The summed E-state index contributed by atoms with van der Waals surface area (Å²) in [6, 6.07) is 0. The summed E-state index contributed by atoms with van der Waals surface area (Å²) >= 11 is 1.85. The third kappa shape index (κ3) is 4.46. The summed E-state index contributed by atoms with van der Waals surface area (Å²) in [5, 5.41) is 5.03. The Morgan fingerprint density at radius 2 is 2.33 bits per heavy atom. The normalized spacial score (nSPS) is 15.2. The third-order valence-corrected chi connectivity index (χ3v) is 2.04. The van der Waals surface area contributed by atoms with Gasteiger partial charge in [-0.05, 0) is 12.1 Å². The second-order valence-electron chi connectivity index (χ2n) is 2.07. The number of allylic oxidation sites excluding steroid dienone is 1. The van der Waals surface area contributed by atoms with Crippen LogP contribution in [0.1, 0.15) is 13.8 Å². The van der Waals surface area contributed by atoms with E-state index in [1.165, 1.54) is 5.03 Å². The van der Waals surface area contributed by atoms with Gasteiger partial charge in [0.15, 0.2) is 0 Å². The Balaban J connectivity index is 3.58. The minimum absolute atomic E-state index is 0.670. The van der Waals surface area contributed by atoms with E-state index in [0.717, 1.165) is 0 Å². The quantitative estimate of drug-likeness (QED) is 0.586. The zero-order valence-corrected chi connectivity index (χ0v) is 7.38. The van der Waals surface area contributed by atoms with Crippen molar-refractivity contribution < 1.29 is 0 Å². The van der Waals surface area contributed by atoms with Crippen molar-refractivity contribution in [2.45, 2.75) is 19.0 Å². The van der Waals surface area contributed by atoms with Gasteiger partial charge >= 0.3 is 0 Å². The molecule has 0 saturated heterocycles. The molecule has 0 fully saturated rings. The number of nitrogens with one attached hydrogen (secondary N) is 1. The summed E-state index contributed by atoms with van der Waals surface area (Å²) in [6.07, 6.45) is 2.09. The molecule has 9 heavy (non-hydrogen) atoms. The first-order chi connectivity index (χ1) is 4.20. The molecule has 0 saturated carbocycles. The van der Waals surface area contributed by atoms with E-state index in [9.17, 15) is 0 Å². The molecule has 1 unspecified atom stereocenters. The van der Waals surface area contributed by atoms with Gasteiger partial charge in [0.2, 0.25) is 0 Å². The minimum atomic E-state index is 0.670. The third-order valence-electron chi connectivity index (χ3n) is 0.871. The molecule has 0 aromatic carbocycles. The first-order valence-electron chi connectivity index (χ1n) is 3.21. The maximum absolute atomic E-state index is 3.11. The number of hydrogen-bond donors (Lipinski definition) is 1. The van der Waals surface area contributed by atoms with Gasteiger partial charge < -0.3 is 5.32 Å². The highest BCUT2D eigenvalue weighted by Crippen LogP contribution is 2.15. The SMILES string of the molecule is BC(C)S/C(=C\C)NC. The zero-order chi connectivity index (χ0) is 7.28. The monoisotopic (exact) mass is 143 g/mol. The molecule has 52 valence electrons.